The minimum atomic E-state index is -0.298. The summed E-state index contributed by atoms with van der Waals surface area (Å²) in [6, 6.07) is 0.328. The second kappa shape index (κ2) is 6.72. The molecular formula is C17H21N3O2S2. The number of aromatic nitrogens is 2. The first kappa shape index (κ1) is 17.2. The highest BCUT2D eigenvalue weighted by Crippen LogP contribution is 2.30. The number of nitrogens with one attached hydrogen (secondary N) is 1. The molecule has 5 nitrogen and oxygen atoms in total. The fraction of sp³-hybridized carbons (Fsp3) is 0.471. The minimum absolute atomic E-state index is 0.000500. The van der Waals surface area contributed by atoms with Crippen LogP contribution >= 0.6 is 23.1 Å². The van der Waals surface area contributed by atoms with Gasteiger partial charge in [0, 0.05) is 17.5 Å². The second-order valence-corrected chi connectivity index (χ2v) is 8.62. The highest BCUT2D eigenvalue weighted by atomic mass is 32.2. The van der Waals surface area contributed by atoms with Crippen LogP contribution in [0.4, 0.5) is 0 Å². The Hall–Kier alpha value is -1.60. The Kier molecular flexibility index (Phi) is 4.83. The van der Waals surface area contributed by atoms with E-state index >= 15 is 0 Å². The van der Waals surface area contributed by atoms with Gasteiger partial charge in [-0.25, -0.2) is 4.98 Å². The van der Waals surface area contributed by atoms with Crippen molar-refractivity contribution in [1.82, 2.24) is 14.9 Å². The van der Waals surface area contributed by atoms with Crippen molar-refractivity contribution in [1.29, 1.82) is 0 Å². The zero-order chi connectivity index (χ0) is 17.4. The topological polar surface area (TPSA) is 64.0 Å². The quantitative estimate of drug-likeness (QED) is 0.487. The van der Waals surface area contributed by atoms with Crippen molar-refractivity contribution in [2.75, 3.05) is 0 Å². The van der Waals surface area contributed by atoms with Gasteiger partial charge in [-0.1, -0.05) is 17.8 Å². The van der Waals surface area contributed by atoms with Crippen LogP contribution in [0.15, 0.2) is 22.6 Å². The molecule has 1 aliphatic carbocycles. The van der Waals surface area contributed by atoms with Gasteiger partial charge in [-0.15, -0.1) is 17.9 Å². The fourth-order valence-corrected chi connectivity index (χ4v) is 4.44. The summed E-state index contributed by atoms with van der Waals surface area (Å²) in [4.78, 5) is 31.6. The maximum absolute atomic E-state index is 12.9. The van der Waals surface area contributed by atoms with E-state index in [0.717, 1.165) is 28.1 Å². The Morgan fingerprint density at radius 2 is 2.25 bits per heavy atom. The molecule has 2 heterocycles. The Labute approximate surface area is 149 Å². The predicted molar refractivity (Wildman–Crippen MR) is 100 cm³/mol. The molecule has 0 aromatic carbocycles. The molecule has 128 valence electrons. The number of thioether (sulfide) groups is 1. The van der Waals surface area contributed by atoms with Crippen LogP contribution in [0.5, 0.6) is 0 Å². The molecular weight excluding hydrogens is 342 g/mol. The summed E-state index contributed by atoms with van der Waals surface area (Å²) in [5.74, 6) is 0.000500. The normalized spacial score (nSPS) is 15.5. The van der Waals surface area contributed by atoms with Crippen molar-refractivity contribution >= 4 is 39.2 Å². The van der Waals surface area contributed by atoms with Gasteiger partial charge < -0.3 is 5.32 Å². The first-order valence-corrected chi connectivity index (χ1v) is 9.70. The highest BCUT2D eigenvalue weighted by molar-refractivity contribution is 8.00. The zero-order valence-corrected chi connectivity index (χ0v) is 15.7. The molecule has 0 saturated heterocycles. The largest absolute Gasteiger partial charge is 0.352 e. The van der Waals surface area contributed by atoms with Gasteiger partial charge in [0.2, 0.25) is 5.91 Å². The third kappa shape index (κ3) is 3.28. The van der Waals surface area contributed by atoms with E-state index in [9.17, 15) is 9.59 Å². The monoisotopic (exact) mass is 363 g/mol. The van der Waals surface area contributed by atoms with Gasteiger partial charge in [-0.3, -0.25) is 14.2 Å². The Morgan fingerprint density at radius 3 is 2.88 bits per heavy atom. The van der Waals surface area contributed by atoms with E-state index in [1.807, 2.05) is 20.8 Å². The Bertz CT molecular complexity index is 865. The standard InChI is InChI=1S/C17H21N3O2S2/c1-5-8-20-16(22)13-9(2)10(3)23-15(13)19-17(20)24-11(4)14(21)18-12-6-7-12/h5,11-12H,1,6-8H2,2-4H3,(H,18,21)/t11-/m1/s1. The lowest BCUT2D eigenvalue weighted by atomic mass is 10.2. The van der Waals surface area contributed by atoms with Crippen molar-refractivity contribution in [2.24, 2.45) is 0 Å². The number of allylic oxidation sites excluding steroid dienone is 1. The number of hydrogen-bond donors (Lipinski definition) is 1. The molecule has 7 heteroatoms. The van der Waals surface area contributed by atoms with E-state index in [-0.39, 0.29) is 16.7 Å². The van der Waals surface area contributed by atoms with E-state index in [4.69, 9.17) is 0 Å². The molecule has 3 rings (SSSR count). The maximum atomic E-state index is 12.9. The minimum Gasteiger partial charge on any atom is -0.352 e. The molecule has 1 aliphatic rings. The van der Waals surface area contributed by atoms with Crippen LogP contribution in [-0.2, 0) is 11.3 Å². The van der Waals surface area contributed by atoms with Gasteiger partial charge in [0.1, 0.15) is 4.83 Å². The van der Waals surface area contributed by atoms with Crippen molar-refractivity contribution < 1.29 is 4.79 Å². The number of aryl methyl sites for hydroxylation is 2. The average Bonchev–Trinajstić information content (AvgIpc) is 3.29. The summed E-state index contributed by atoms with van der Waals surface area (Å²) in [6.45, 7) is 9.92. The molecule has 0 radical (unpaired) electrons. The van der Waals surface area contributed by atoms with E-state index < -0.39 is 0 Å². The molecule has 1 atom stereocenters. The first-order valence-electron chi connectivity index (χ1n) is 8.00. The number of amides is 1. The summed E-state index contributed by atoms with van der Waals surface area (Å²) in [6.07, 6.45) is 3.80. The van der Waals surface area contributed by atoms with Gasteiger partial charge in [-0.05, 0) is 39.2 Å². The third-order valence-corrected chi connectivity index (χ3v) is 6.33. The van der Waals surface area contributed by atoms with Gasteiger partial charge in [0.05, 0.1) is 10.6 Å². The second-order valence-electron chi connectivity index (χ2n) is 6.11. The van der Waals surface area contributed by atoms with E-state index in [2.05, 4.69) is 16.9 Å². The summed E-state index contributed by atoms with van der Waals surface area (Å²) >= 11 is 2.86. The Morgan fingerprint density at radius 1 is 1.54 bits per heavy atom. The Balaban J connectivity index is 1.98. The fourth-order valence-electron chi connectivity index (χ4n) is 2.45. The molecule has 0 unspecified atom stereocenters. The van der Waals surface area contributed by atoms with Crippen LogP contribution < -0.4 is 10.9 Å². The van der Waals surface area contributed by atoms with Crippen LogP contribution in [-0.4, -0.2) is 26.8 Å². The summed E-state index contributed by atoms with van der Waals surface area (Å²) in [5, 5.41) is 3.96. The summed E-state index contributed by atoms with van der Waals surface area (Å²) in [5.41, 5.74) is 0.931. The molecule has 2 aromatic rings. The van der Waals surface area contributed by atoms with Crippen molar-refractivity contribution in [3.8, 4) is 0 Å². The lowest BCUT2D eigenvalue weighted by Crippen LogP contribution is -2.33. The number of fused-ring (bicyclic) bond motifs is 1. The highest BCUT2D eigenvalue weighted by Gasteiger charge is 2.27. The van der Waals surface area contributed by atoms with Gasteiger partial charge in [0.25, 0.3) is 5.56 Å². The average molecular weight is 364 g/mol. The molecule has 1 N–H and O–H groups in total. The summed E-state index contributed by atoms with van der Waals surface area (Å²) < 4.78 is 1.61. The molecule has 1 saturated carbocycles. The number of thiophene rings is 1. The zero-order valence-electron chi connectivity index (χ0n) is 14.1. The first-order chi connectivity index (χ1) is 11.4. The van der Waals surface area contributed by atoms with Crippen LogP contribution in [0.25, 0.3) is 10.2 Å². The van der Waals surface area contributed by atoms with Gasteiger partial charge in [-0.2, -0.15) is 0 Å². The lowest BCUT2D eigenvalue weighted by molar-refractivity contribution is -0.120. The molecule has 0 spiro atoms. The number of hydrogen-bond acceptors (Lipinski definition) is 5. The van der Waals surface area contributed by atoms with Crippen LogP contribution in [0, 0.1) is 13.8 Å². The van der Waals surface area contributed by atoms with Crippen molar-refractivity contribution in [3.63, 3.8) is 0 Å². The number of carbonyl (C=O) groups is 1. The molecule has 1 amide bonds. The van der Waals surface area contributed by atoms with E-state index in [0.29, 0.717) is 23.1 Å². The third-order valence-electron chi connectivity index (χ3n) is 4.14. The van der Waals surface area contributed by atoms with Crippen LogP contribution in [0.1, 0.15) is 30.2 Å². The molecule has 24 heavy (non-hydrogen) atoms. The molecule has 2 aromatic heterocycles. The van der Waals surface area contributed by atoms with Crippen LogP contribution in [0.2, 0.25) is 0 Å². The number of rotatable bonds is 6. The molecule has 0 aliphatic heterocycles. The smallest absolute Gasteiger partial charge is 0.263 e. The van der Waals surface area contributed by atoms with Gasteiger partial charge >= 0.3 is 0 Å². The van der Waals surface area contributed by atoms with Gasteiger partial charge in [0.15, 0.2) is 5.16 Å². The SMILES string of the molecule is C=CCn1c(S[C@H](C)C(=O)NC2CC2)nc2sc(C)c(C)c2c1=O. The summed E-state index contributed by atoms with van der Waals surface area (Å²) in [7, 11) is 0. The van der Waals surface area contributed by atoms with Crippen molar-refractivity contribution in [2.45, 2.75) is 56.6 Å². The van der Waals surface area contributed by atoms with E-state index in [1.54, 1.807) is 10.6 Å². The predicted octanol–water partition coefficient (Wildman–Crippen LogP) is 3.02. The van der Waals surface area contributed by atoms with Crippen LogP contribution in [0.3, 0.4) is 0 Å². The number of nitrogens with zero attached hydrogens (tertiary/aromatic N) is 2. The maximum Gasteiger partial charge on any atom is 0.263 e. The van der Waals surface area contributed by atoms with Crippen molar-refractivity contribution in [3.05, 3.63) is 33.4 Å². The molecule has 1 fully saturated rings. The molecule has 0 bridgehead atoms. The lowest BCUT2D eigenvalue weighted by Gasteiger charge is -2.14. The van der Waals surface area contributed by atoms with E-state index in [1.165, 1.54) is 23.1 Å². The number of carbonyl (C=O) groups excluding carboxylic acids is 1.